The van der Waals surface area contributed by atoms with Crippen LogP contribution in [0.5, 0.6) is 5.75 Å². The van der Waals surface area contributed by atoms with Crippen molar-refractivity contribution in [2.75, 3.05) is 5.75 Å². The van der Waals surface area contributed by atoms with Crippen molar-refractivity contribution in [3.05, 3.63) is 65.2 Å². The van der Waals surface area contributed by atoms with Crippen LogP contribution in [0, 0.1) is 23.2 Å². The van der Waals surface area contributed by atoms with Gasteiger partial charge in [-0.05, 0) is 134 Å². The third-order valence-corrected chi connectivity index (χ3v) is 23.8. The molecule has 49 heavy (non-hydrogen) atoms. The predicted octanol–water partition coefficient (Wildman–Crippen LogP) is 13.1. The molecule has 6 atom stereocenters. The fraction of sp³-hybridized carbons (Fsp3) is 0.698. The first kappa shape index (κ1) is 38.9. The molecule has 0 spiro atoms. The SMILES string of the molecule is CC(C)(C)[Si](C)(C)Oc1ccc2c(c1)C[C@@H](CCCCCCSC(=O)c1ccccc1)C1C2CC[C@@]2(C)C1CC[C@@H]2O[Si](C)(C)C(C)(C)C. The molecule has 0 radical (unpaired) electrons. The lowest BCUT2D eigenvalue weighted by Crippen LogP contribution is -2.51. The first-order valence-electron chi connectivity index (χ1n) is 19.6. The average molecular weight is 721 g/mol. The van der Waals surface area contributed by atoms with E-state index in [1.807, 2.05) is 30.3 Å². The molecule has 272 valence electrons. The van der Waals surface area contributed by atoms with Crippen molar-refractivity contribution in [2.24, 2.45) is 23.2 Å². The summed E-state index contributed by atoms with van der Waals surface area (Å²) in [4.78, 5) is 12.5. The zero-order valence-electron chi connectivity index (χ0n) is 32.9. The van der Waals surface area contributed by atoms with Crippen LogP contribution in [0.15, 0.2) is 48.5 Å². The lowest BCUT2D eigenvalue weighted by atomic mass is 9.52. The fourth-order valence-electron chi connectivity index (χ4n) is 8.92. The highest BCUT2D eigenvalue weighted by molar-refractivity contribution is 8.14. The molecule has 2 aromatic carbocycles. The van der Waals surface area contributed by atoms with Crippen molar-refractivity contribution in [3.8, 4) is 5.75 Å². The summed E-state index contributed by atoms with van der Waals surface area (Å²) in [5.74, 6) is 4.86. The standard InChI is InChI=1S/C43H68O3SSi2/c1-41(2,3)48(8,9)45-34-22-23-35-33(30-34)29-32(21-15-12-13-18-28-47-40(44)31-19-16-14-17-20-31)39-36(35)26-27-43(7)37(39)24-25-38(43)46-49(10,11)42(4,5)6/h14,16-17,19-20,22-23,30,32,36-39H,12-13,15,18,21,24-29H2,1-11H3/t32-,36?,37?,38+,39?,43+/m1/s1. The Morgan fingerprint density at radius 1 is 0.857 bits per heavy atom. The summed E-state index contributed by atoms with van der Waals surface area (Å²) in [6.07, 6.45) is 12.9. The Kier molecular flexibility index (Phi) is 11.9. The van der Waals surface area contributed by atoms with Gasteiger partial charge in [0.25, 0.3) is 0 Å². The number of carbonyl (C=O) groups is 1. The summed E-state index contributed by atoms with van der Waals surface area (Å²) >= 11 is 1.49. The van der Waals surface area contributed by atoms with Crippen LogP contribution in [0.25, 0.3) is 0 Å². The minimum absolute atomic E-state index is 0.184. The minimum atomic E-state index is -1.91. The van der Waals surface area contributed by atoms with E-state index < -0.39 is 16.6 Å². The van der Waals surface area contributed by atoms with E-state index in [1.54, 1.807) is 11.1 Å². The molecule has 3 nitrogen and oxygen atoms in total. The van der Waals surface area contributed by atoms with Gasteiger partial charge in [0.2, 0.25) is 13.4 Å². The second kappa shape index (κ2) is 14.9. The van der Waals surface area contributed by atoms with Crippen molar-refractivity contribution >= 4 is 33.5 Å². The van der Waals surface area contributed by atoms with E-state index in [-0.39, 0.29) is 20.6 Å². The highest BCUT2D eigenvalue weighted by Crippen LogP contribution is 2.64. The maximum absolute atomic E-state index is 12.5. The Morgan fingerprint density at radius 3 is 2.20 bits per heavy atom. The molecule has 0 bridgehead atoms. The molecule has 0 heterocycles. The quantitative estimate of drug-likeness (QED) is 0.162. The normalized spacial score (nSPS) is 27.3. The molecule has 3 aliphatic rings. The number of hydrogen-bond acceptors (Lipinski definition) is 4. The zero-order chi connectivity index (χ0) is 35.8. The van der Waals surface area contributed by atoms with Gasteiger partial charge >= 0.3 is 0 Å². The second-order valence-corrected chi connectivity index (χ2v) is 29.7. The van der Waals surface area contributed by atoms with Crippen LogP contribution < -0.4 is 4.43 Å². The maximum Gasteiger partial charge on any atom is 0.250 e. The van der Waals surface area contributed by atoms with Gasteiger partial charge in [-0.15, -0.1) is 0 Å². The second-order valence-electron chi connectivity index (χ2n) is 19.2. The topological polar surface area (TPSA) is 35.5 Å². The highest BCUT2D eigenvalue weighted by atomic mass is 32.2. The Balaban J connectivity index is 1.30. The van der Waals surface area contributed by atoms with Crippen LogP contribution in [-0.4, -0.2) is 33.6 Å². The van der Waals surface area contributed by atoms with Gasteiger partial charge in [-0.2, -0.15) is 0 Å². The van der Waals surface area contributed by atoms with Crippen molar-refractivity contribution < 1.29 is 13.6 Å². The predicted molar refractivity (Wildman–Crippen MR) is 216 cm³/mol. The molecule has 3 unspecified atom stereocenters. The van der Waals surface area contributed by atoms with E-state index in [4.69, 9.17) is 8.85 Å². The van der Waals surface area contributed by atoms with Gasteiger partial charge in [0.15, 0.2) is 8.32 Å². The summed E-state index contributed by atoms with van der Waals surface area (Å²) in [7, 11) is -3.76. The average Bonchev–Trinajstić information content (AvgIpc) is 3.34. The van der Waals surface area contributed by atoms with Gasteiger partial charge in [-0.25, -0.2) is 0 Å². The third kappa shape index (κ3) is 8.49. The first-order chi connectivity index (χ1) is 22.8. The highest BCUT2D eigenvalue weighted by Gasteiger charge is 2.58. The largest absolute Gasteiger partial charge is 0.543 e. The molecular weight excluding hydrogens is 653 g/mol. The fourth-order valence-corrected chi connectivity index (χ4v) is 12.2. The van der Waals surface area contributed by atoms with Crippen LogP contribution in [0.1, 0.15) is 134 Å². The van der Waals surface area contributed by atoms with E-state index in [1.165, 1.54) is 69.5 Å². The molecule has 0 saturated heterocycles. The number of rotatable bonds is 12. The van der Waals surface area contributed by atoms with Crippen molar-refractivity contribution in [1.82, 2.24) is 0 Å². The Hall–Kier alpha value is -1.35. The Bertz CT molecular complexity index is 1420. The maximum atomic E-state index is 12.5. The minimum Gasteiger partial charge on any atom is -0.543 e. The van der Waals surface area contributed by atoms with E-state index >= 15 is 0 Å². The van der Waals surface area contributed by atoms with Gasteiger partial charge < -0.3 is 8.85 Å². The van der Waals surface area contributed by atoms with Crippen molar-refractivity contribution in [1.29, 1.82) is 0 Å². The van der Waals surface area contributed by atoms with Crippen molar-refractivity contribution in [3.63, 3.8) is 0 Å². The number of unbranched alkanes of at least 4 members (excludes halogenated alkanes) is 3. The molecule has 2 saturated carbocycles. The van der Waals surface area contributed by atoms with E-state index in [0.29, 0.717) is 17.9 Å². The van der Waals surface area contributed by atoms with Crippen LogP contribution in [0.2, 0.25) is 36.3 Å². The summed E-state index contributed by atoms with van der Waals surface area (Å²) in [6.45, 7) is 26.4. The number of thioether (sulfide) groups is 1. The van der Waals surface area contributed by atoms with Crippen LogP contribution in [-0.2, 0) is 10.8 Å². The summed E-state index contributed by atoms with van der Waals surface area (Å²) in [5.41, 5.74) is 4.29. The smallest absolute Gasteiger partial charge is 0.250 e. The van der Waals surface area contributed by atoms with Crippen LogP contribution >= 0.6 is 11.8 Å². The molecule has 2 fully saturated rings. The van der Waals surface area contributed by atoms with Gasteiger partial charge in [0.05, 0.1) is 6.10 Å². The van der Waals surface area contributed by atoms with E-state index in [2.05, 4.69) is 92.9 Å². The lowest BCUT2D eigenvalue weighted by Gasteiger charge is -2.54. The van der Waals surface area contributed by atoms with Gasteiger partial charge in [-0.1, -0.05) is 116 Å². The molecule has 6 heteroatoms. The lowest BCUT2D eigenvalue weighted by molar-refractivity contribution is -0.0344. The van der Waals surface area contributed by atoms with Gasteiger partial charge in [-0.3, -0.25) is 4.79 Å². The van der Waals surface area contributed by atoms with Gasteiger partial charge in [0.1, 0.15) is 5.75 Å². The third-order valence-electron chi connectivity index (χ3n) is 13.9. The monoisotopic (exact) mass is 720 g/mol. The number of fused-ring (bicyclic) bond motifs is 5. The summed E-state index contributed by atoms with van der Waals surface area (Å²) in [5, 5.41) is 0.628. The first-order valence-corrected chi connectivity index (χ1v) is 26.4. The molecule has 0 N–H and O–H groups in total. The van der Waals surface area contributed by atoms with E-state index in [0.717, 1.165) is 35.3 Å². The van der Waals surface area contributed by atoms with E-state index in [9.17, 15) is 4.79 Å². The molecule has 5 rings (SSSR count). The van der Waals surface area contributed by atoms with Crippen LogP contribution in [0.4, 0.5) is 0 Å². The molecule has 3 aliphatic carbocycles. The number of benzene rings is 2. The number of hydrogen-bond donors (Lipinski definition) is 0. The van der Waals surface area contributed by atoms with Gasteiger partial charge in [0, 0.05) is 11.3 Å². The summed E-state index contributed by atoms with van der Waals surface area (Å²) in [6, 6.07) is 17.0. The Labute approximate surface area is 306 Å². The van der Waals surface area contributed by atoms with Crippen molar-refractivity contribution in [2.45, 2.75) is 161 Å². The molecule has 0 aliphatic heterocycles. The van der Waals surface area contributed by atoms with Crippen LogP contribution in [0.3, 0.4) is 0 Å². The molecule has 0 aromatic heterocycles. The molecule has 2 aromatic rings. The Morgan fingerprint density at radius 2 is 1.53 bits per heavy atom. The molecular formula is C43H68O3SSi2. The number of carbonyl (C=O) groups excluding carboxylic acids is 1. The molecule has 0 amide bonds. The summed E-state index contributed by atoms with van der Waals surface area (Å²) < 4.78 is 14.1. The zero-order valence-corrected chi connectivity index (χ0v) is 35.7.